The Bertz CT molecular complexity index is 464. The van der Waals surface area contributed by atoms with E-state index in [1.807, 2.05) is 44.2 Å². The van der Waals surface area contributed by atoms with E-state index in [9.17, 15) is 9.59 Å². The predicted octanol–water partition coefficient (Wildman–Crippen LogP) is 2.18. The molecule has 1 rings (SSSR count). The highest BCUT2D eigenvalue weighted by Crippen LogP contribution is 2.29. The molecule has 0 aliphatic rings. The minimum atomic E-state index is -0.846. The quantitative estimate of drug-likeness (QED) is 0.806. The fourth-order valence-corrected chi connectivity index (χ4v) is 2.02. The SMILES string of the molecule is CCNC(=O)OCC(CC)(COC(N)=O)c1ccccc1. The molecule has 0 spiro atoms. The average Bonchev–Trinajstić information content (AvgIpc) is 2.49. The first kappa shape index (κ1) is 16.8. The first-order valence-electron chi connectivity index (χ1n) is 6.92. The van der Waals surface area contributed by atoms with Crippen LogP contribution < -0.4 is 11.1 Å². The van der Waals surface area contributed by atoms with Crippen molar-refractivity contribution in [1.82, 2.24) is 5.32 Å². The van der Waals surface area contributed by atoms with Gasteiger partial charge >= 0.3 is 12.2 Å². The summed E-state index contributed by atoms with van der Waals surface area (Å²) < 4.78 is 10.2. The average molecular weight is 294 g/mol. The summed E-state index contributed by atoms with van der Waals surface area (Å²) in [7, 11) is 0. The van der Waals surface area contributed by atoms with Crippen LogP contribution >= 0.6 is 0 Å². The molecule has 0 heterocycles. The van der Waals surface area contributed by atoms with Crippen molar-refractivity contribution in [1.29, 1.82) is 0 Å². The van der Waals surface area contributed by atoms with Crippen LogP contribution in [-0.2, 0) is 14.9 Å². The van der Waals surface area contributed by atoms with Crippen molar-refractivity contribution in [3.8, 4) is 0 Å². The second kappa shape index (κ2) is 8.14. The number of nitrogens with one attached hydrogen (secondary N) is 1. The van der Waals surface area contributed by atoms with E-state index in [-0.39, 0.29) is 13.2 Å². The molecule has 0 saturated carbocycles. The third-order valence-corrected chi connectivity index (χ3v) is 3.35. The minimum Gasteiger partial charge on any atom is -0.449 e. The molecule has 0 fully saturated rings. The predicted molar refractivity (Wildman–Crippen MR) is 79.0 cm³/mol. The van der Waals surface area contributed by atoms with Crippen LogP contribution in [0.15, 0.2) is 30.3 Å². The van der Waals surface area contributed by atoms with Crippen LogP contribution in [0.5, 0.6) is 0 Å². The molecule has 0 aromatic heterocycles. The molecular formula is C15H22N2O4. The van der Waals surface area contributed by atoms with Crippen molar-refractivity contribution < 1.29 is 19.1 Å². The highest BCUT2D eigenvalue weighted by atomic mass is 16.6. The molecule has 0 saturated heterocycles. The lowest BCUT2D eigenvalue weighted by atomic mass is 9.79. The molecule has 0 radical (unpaired) electrons. The minimum absolute atomic E-state index is 0.0578. The summed E-state index contributed by atoms with van der Waals surface area (Å²) in [6.45, 7) is 4.40. The van der Waals surface area contributed by atoms with Gasteiger partial charge in [-0.25, -0.2) is 9.59 Å². The van der Waals surface area contributed by atoms with Gasteiger partial charge in [0.15, 0.2) is 0 Å². The number of hydrogen-bond donors (Lipinski definition) is 2. The third kappa shape index (κ3) is 4.98. The normalized spacial score (nSPS) is 13.0. The van der Waals surface area contributed by atoms with Gasteiger partial charge < -0.3 is 20.5 Å². The largest absolute Gasteiger partial charge is 0.449 e. The van der Waals surface area contributed by atoms with E-state index in [1.54, 1.807) is 0 Å². The topological polar surface area (TPSA) is 90.7 Å². The summed E-state index contributed by atoms with van der Waals surface area (Å²) >= 11 is 0. The number of hydrogen-bond acceptors (Lipinski definition) is 4. The Morgan fingerprint density at radius 3 is 2.29 bits per heavy atom. The number of benzene rings is 1. The van der Waals surface area contributed by atoms with E-state index in [0.717, 1.165) is 5.56 Å². The smallest absolute Gasteiger partial charge is 0.407 e. The second-order valence-electron chi connectivity index (χ2n) is 4.71. The number of amides is 2. The number of alkyl carbamates (subject to hydrolysis) is 1. The lowest BCUT2D eigenvalue weighted by molar-refractivity contribution is 0.0686. The molecule has 6 nitrogen and oxygen atoms in total. The molecule has 3 N–H and O–H groups in total. The van der Waals surface area contributed by atoms with Crippen LogP contribution in [0.1, 0.15) is 25.8 Å². The fraction of sp³-hybridized carbons (Fsp3) is 0.467. The molecule has 1 unspecified atom stereocenters. The summed E-state index contributed by atoms with van der Waals surface area (Å²) in [6, 6.07) is 9.49. The summed E-state index contributed by atoms with van der Waals surface area (Å²) in [5.41, 5.74) is 5.37. The first-order chi connectivity index (χ1) is 10.0. The molecule has 1 aromatic carbocycles. The molecule has 0 aliphatic heterocycles. The van der Waals surface area contributed by atoms with Gasteiger partial charge in [-0.1, -0.05) is 37.3 Å². The van der Waals surface area contributed by atoms with Crippen molar-refractivity contribution in [2.45, 2.75) is 25.7 Å². The van der Waals surface area contributed by atoms with Crippen molar-refractivity contribution in [3.05, 3.63) is 35.9 Å². The number of carbonyl (C=O) groups is 2. The number of carbonyl (C=O) groups excluding carboxylic acids is 2. The number of nitrogens with two attached hydrogens (primary N) is 1. The molecule has 6 heteroatoms. The van der Waals surface area contributed by atoms with Crippen molar-refractivity contribution in [2.75, 3.05) is 19.8 Å². The van der Waals surface area contributed by atoms with E-state index in [4.69, 9.17) is 15.2 Å². The zero-order chi connectivity index (χ0) is 15.7. The number of ether oxygens (including phenoxy) is 2. The maximum absolute atomic E-state index is 11.5. The van der Waals surface area contributed by atoms with Crippen molar-refractivity contribution >= 4 is 12.2 Å². The van der Waals surface area contributed by atoms with E-state index in [0.29, 0.717) is 13.0 Å². The summed E-state index contributed by atoms with van der Waals surface area (Å²) in [6.07, 6.45) is -0.712. The number of primary amides is 1. The van der Waals surface area contributed by atoms with Gasteiger partial charge in [-0.05, 0) is 18.9 Å². The van der Waals surface area contributed by atoms with Crippen LogP contribution in [-0.4, -0.2) is 31.9 Å². The van der Waals surface area contributed by atoms with Gasteiger partial charge in [0.25, 0.3) is 0 Å². The molecule has 0 aliphatic carbocycles. The Labute approximate surface area is 124 Å². The summed E-state index contributed by atoms with van der Waals surface area (Å²) in [5, 5.41) is 2.56. The maximum atomic E-state index is 11.5. The third-order valence-electron chi connectivity index (χ3n) is 3.35. The van der Waals surface area contributed by atoms with Crippen molar-refractivity contribution in [2.24, 2.45) is 5.73 Å². The molecule has 21 heavy (non-hydrogen) atoms. The molecule has 116 valence electrons. The Morgan fingerprint density at radius 2 is 1.76 bits per heavy atom. The van der Waals surface area contributed by atoms with Crippen molar-refractivity contribution in [3.63, 3.8) is 0 Å². The lowest BCUT2D eigenvalue weighted by Crippen LogP contribution is -2.40. The summed E-state index contributed by atoms with van der Waals surface area (Å²) in [5.74, 6) is 0. The van der Waals surface area contributed by atoms with Crippen LogP contribution in [0.2, 0.25) is 0 Å². The lowest BCUT2D eigenvalue weighted by Gasteiger charge is -2.31. The van der Waals surface area contributed by atoms with Gasteiger partial charge in [0, 0.05) is 6.54 Å². The zero-order valence-corrected chi connectivity index (χ0v) is 12.4. The highest BCUT2D eigenvalue weighted by molar-refractivity contribution is 5.67. The van der Waals surface area contributed by atoms with Gasteiger partial charge in [-0.3, -0.25) is 0 Å². The molecule has 0 bridgehead atoms. The standard InChI is InChI=1S/C15H22N2O4/c1-3-15(10-20-13(16)18,11-21-14(19)17-4-2)12-8-6-5-7-9-12/h5-9H,3-4,10-11H2,1-2H3,(H2,16,18)(H,17,19). The second-order valence-corrected chi connectivity index (χ2v) is 4.71. The van der Waals surface area contributed by atoms with E-state index in [1.165, 1.54) is 0 Å². The zero-order valence-electron chi connectivity index (χ0n) is 12.4. The Morgan fingerprint density at radius 1 is 1.14 bits per heavy atom. The Hall–Kier alpha value is -2.24. The maximum Gasteiger partial charge on any atom is 0.407 e. The summed E-state index contributed by atoms with van der Waals surface area (Å²) in [4.78, 5) is 22.4. The molecule has 1 aromatic rings. The van der Waals surface area contributed by atoms with E-state index >= 15 is 0 Å². The van der Waals surface area contributed by atoms with Gasteiger partial charge in [0.1, 0.15) is 13.2 Å². The molecule has 2 amide bonds. The van der Waals surface area contributed by atoms with Gasteiger partial charge in [-0.2, -0.15) is 0 Å². The highest BCUT2D eigenvalue weighted by Gasteiger charge is 2.33. The molecular weight excluding hydrogens is 272 g/mol. The van der Waals surface area contributed by atoms with Gasteiger partial charge in [-0.15, -0.1) is 0 Å². The fourth-order valence-electron chi connectivity index (χ4n) is 2.02. The Balaban J connectivity index is 2.91. The molecule has 1 atom stereocenters. The van der Waals surface area contributed by atoms with Crippen LogP contribution in [0.25, 0.3) is 0 Å². The van der Waals surface area contributed by atoms with Gasteiger partial charge in [0.05, 0.1) is 5.41 Å². The first-order valence-corrected chi connectivity index (χ1v) is 6.92. The monoisotopic (exact) mass is 294 g/mol. The van der Waals surface area contributed by atoms with Gasteiger partial charge in [0.2, 0.25) is 0 Å². The van der Waals surface area contributed by atoms with Crippen LogP contribution in [0.4, 0.5) is 9.59 Å². The van der Waals surface area contributed by atoms with E-state index < -0.39 is 17.6 Å². The Kier molecular flexibility index (Phi) is 6.52. The van der Waals surface area contributed by atoms with Crippen LogP contribution in [0, 0.1) is 0 Å². The van der Waals surface area contributed by atoms with Crippen LogP contribution in [0.3, 0.4) is 0 Å². The van der Waals surface area contributed by atoms with E-state index in [2.05, 4.69) is 5.32 Å². The number of rotatable bonds is 7.